The number of amides is 5. The number of carboxylic acid groups (broad SMARTS) is 1. The van der Waals surface area contributed by atoms with Gasteiger partial charge in [-0.3, -0.25) is 24.0 Å². The molecule has 19 heteroatoms. The first kappa shape index (κ1) is 42.5. The molecular formula is C27H53N9O10. The molecule has 0 bridgehead atoms. The van der Waals surface area contributed by atoms with E-state index in [0.717, 1.165) is 0 Å². The standard InChI is InChI=1S/C27H53N9O10/c28-10-4-1-7-17(33-25(43)20(14-38)35-22(40)16(31)13-37)23(41)32-18(8-2-5-11-29)24(42)36-21(15-39)26(44)34-19(27(45)46)9-3-6-12-30/h16-21,37-39H,1-15,28-31H2,(H,32,41)(H,33,43)(H,34,44)(H,35,40)(H,36,42)(H,45,46)/t16-,17-,18-,19-,20-,21-/m0/s1. The number of nitrogens with one attached hydrogen (secondary N) is 5. The third kappa shape index (κ3) is 16.7. The van der Waals surface area contributed by atoms with Crippen molar-refractivity contribution in [3.8, 4) is 0 Å². The fourth-order valence-electron chi connectivity index (χ4n) is 4.11. The normalized spacial score (nSPS) is 14.9. The monoisotopic (exact) mass is 663 g/mol. The first-order valence-corrected chi connectivity index (χ1v) is 15.3. The fourth-order valence-corrected chi connectivity index (χ4v) is 4.11. The summed E-state index contributed by atoms with van der Waals surface area (Å²) in [7, 11) is 0. The summed E-state index contributed by atoms with van der Waals surface area (Å²) in [6, 6.07) is -8.19. The van der Waals surface area contributed by atoms with E-state index in [1.54, 1.807) is 0 Å². The van der Waals surface area contributed by atoms with Crippen LogP contribution < -0.4 is 49.5 Å². The van der Waals surface area contributed by atoms with Crippen molar-refractivity contribution >= 4 is 35.5 Å². The Bertz CT molecular complexity index is 959. The van der Waals surface area contributed by atoms with E-state index >= 15 is 0 Å². The highest BCUT2D eigenvalue weighted by molar-refractivity contribution is 5.96. The summed E-state index contributed by atoms with van der Waals surface area (Å²) in [6.07, 6.45) is 2.89. The lowest BCUT2D eigenvalue weighted by Crippen LogP contribution is -2.60. The van der Waals surface area contributed by atoms with E-state index in [1.807, 2.05) is 0 Å². The SMILES string of the molecule is NCCCC[C@H](NC(=O)[C@H](CO)NC(=O)[C@H](CCCCN)NC(=O)[C@H](CCCCN)NC(=O)[C@H](CO)NC(=O)[C@@H](N)CO)C(=O)O. The van der Waals surface area contributed by atoms with Crippen LogP contribution in [-0.2, 0) is 28.8 Å². The lowest BCUT2D eigenvalue weighted by molar-refractivity contribution is -0.142. The Balaban J connectivity index is 5.82. The molecule has 0 saturated heterocycles. The quantitative estimate of drug-likeness (QED) is 0.0383. The fraction of sp³-hybridized carbons (Fsp3) is 0.778. The lowest BCUT2D eigenvalue weighted by atomic mass is 10.0. The second kappa shape index (κ2) is 24.7. The van der Waals surface area contributed by atoms with E-state index in [1.165, 1.54) is 0 Å². The molecule has 266 valence electrons. The summed E-state index contributed by atoms with van der Waals surface area (Å²) in [5.41, 5.74) is 22.0. The van der Waals surface area contributed by atoms with E-state index in [9.17, 15) is 44.1 Å². The van der Waals surface area contributed by atoms with Gasteiger partial charge in [-0.15, -0.1) is 0 Å². The van der Waals surface area contributed by atoms with E-state index in [-0.39, 0.29) is 25.8 Å². The average Bonchev–Trinajstić information content (AvgIpc) is 3.03. The first-order valence-electron chi connectivity index (χ1n) is 15.3. The molecule has 0 spiro atoms. The number of rotatable bonds is 26. The van der Waals surface area contributed by atoms with Gasteiger partial charge in [-0.1, -0.05) is 0 Å². The molecule has 17 N–H and O–H groups in total. The zero-order chi connectivity index (χ0) is 35.1. The molecule has 0 aromatic rings. The molecule has 0 aliphatic carbocycles. The van der Waals surface area contributed by atoms with Gasteiger partial charge in [-0.2, -0.15) is 0 Å². The van der Waals surface area contributed by atoms with Crippen molar-refractivity contribution in [2.75, 3.05) is 39.5 Å². The maximum Gasteiger partial charge on any atom is 0.326 e. The van der Waals surface area contributed by atoms with Crippen molar-refractivity contribution in [3.63, 3.8) is 0 Å². The van der Waals surface area contributed by atoms with Crippen molar-refractivity contribution in [2.24, 2.45) is 22.9 Å². The highest BCUT2D eigenvalue weighted by atomic mass is 16.4. The summed E-state index contributed by atoms with van der Waals surface area (Å²) in [5.74, 6) is -5.76. The summed E-state index contributed by atoms with van der Waals surface area (Å²) < 4.78 is 0. The molecule has 0 aliphatic heterocycles. The minimum atomic E-state index is -1.54. The average molecular weight is 664 g/mol. The summed E-state index contributed by atoms with van der Waals surface area (Å²) in [4.78, 5) is 75.9. The maximum absolute atomic E-state index is 13.4. The molecule has 5 amide bonds. The van der Waals surface area contributed by atoms with E-state index in [2.05, 4.69) is 26.6 Å². The van der Waals surface area contributed by atoms with Crippen molar-refractivity contribution in [1.82, 2.24) is 26.6 Å². The van der Waals surface area contributed by atoms with Crippen LogP contribution in [0.25, 0.3) is 0 Å². The van der Waals surface area contributed by atoms with Crippen LogP contribution in [0.2, 0.25) is 0 Å². The molecule has 0 aromatic carbocycles. The molecule has 0 saturated carbocycles. The predicted octanol–water partition coefficient (Wildman–Crippen LogP) is -5.81. The van der Waals surface area contributed by atoms with Gasteiger partial charge >= 0.3 is 5.97 Å². The molecule has 19 nitrogen and oxygen atoms in total. The summed E-state index contributed by atoms with van der Waals surface area (Å²) in [6.45, 7) is -1.52. The van der Waals surface area contributed by atoms with Gasteiger partial charge in [-0.25, -0.2) is 4.79 Å². The number of carbonyl (C=O) groups is 6. The Morgan fingerprint density at radius 3 is 1.09 bits per heavy atom. The van der Waals surface area contributed by atoms with Crippen LogP contribution in [0.15, 0.2) is 0 Å². The van der Waals surface area contributed by atoms with E-state index in [4.69, 9.17) is 28.0 Å². The second-order valence-corrected chi connectivity index (χ2v) is 10.7. The number of hydrogen-bond donors (Lipinski definition) is 13. The molecule has 0 radical (unpaired) electrons. The molecule has 0 rings (SSSR count). The number of aliphatic hydroxyl groups excluding tert-OH is 3. The molecule has 0 aromatic heterocycles. The third-order valence-electron chi connectivity index (χ3n) is 6.89. The van der Waals surface area contributed by atoms with Crippen LogP contribution in [0.1, 0.15) is 57.8 Å². The van der Waals surface area contributed by atoms with Gasteiger partial charge in [0.2, 0.25) is 29.5 Å². The van der Waals surface area contributed by atoms with Crippen molar-refractivity contribution in [3.05, 3.63) is 0 Å². The van der Waals surface area contributed by atoms with Crippen molar-refractivity contribution in [2.45, 2.75) is 94.0 Å². The number of carbonyl (C=O) groups excluding carboxylic acids is 5. The maximum atomic E-state index is 13.4. The topological polar surface area (TPSA) is 348 Å². The van der Waals surface area contributed by atoms with Gasteiger partial charge in [0, 0.05) is 0 Å². The van der Waals surface area contributed by atoms with E-state index in [0.29, 0.717) is 51.6 Å². The van der Waals surface area contributed by atoms with Gasteiger partial charge in [0.25, 0.3) is 0 Å². The first-order chi connectivity index (χ1) is 21.9. The molecular weight excluding hydrogens is 610 g/mol. The molecule has 0 fully saturated rings. The molecule has 0 unspecified atom stereocenters. The largest absolute Gasteiger partial charge is 0.480 e. The Hall–Kier alpha value is -3.46. The van der Waals surface area contributed by atoms with Crippen LogP contribution >= 0.6 is 0 Å². The zero-order valence-electron chi connectivity index (χ0n) is 26.1. The minimum Gasteiger partial charge on any atom is -0.480 e. The van der Waals surface area contributed by atoms with Gasteiger partial charge in [0.15, 0.2) is 0 Å². The van der Waals surface area contributed by atoms with Crippen molar-refractivity contribution in [1.29, 1.82) is 0 Å². The third-order valence-corrected chi connectivity index (χ3v) is 6.89. The Labute approximate surface area is 267 Å². The van der Waals surface area contributed by atoms with Gasteiger partial charge in [0.1, 0.15) is 36.3 Å². The highest BCUT2D eigenvalue weighted by Gasteiger charge is 2.32. The van der Waals surface area contributed by atoms with Crippen LogP contribution in [0, 0.1) is 0 Å². The van der Waals surface area contributed by atoms with Crippen molar-refractivity contribution < 1.29 is 49.2 Å². The van der Waals surface area contributed by atoms with E-state index < -0.39 is 91.6 Å². The molecule has 46 heavy (non-hydrogen) atoms. The highest BCUT2D eigenvalue weighted by Crippen LogP contribution is 2.07. The second-order valence-electron chi connectivity index (χ2n) is 10.7. The van der Waals surface area contributed by atoms with Gasteiger partial charge in [-0.05, 0) is 77.4 Å². The van der Waals surface area contributed by atoms with Gasteiger partial charge in [0.05, 0.1) is 19.8 Å². The van der Waals surface area contributed by atoms with Crippen LogP contribution in [-0.4, -0.2) is 132 Å². The predicted molar refractivity (Wildman–Crippen MR) is 165 cm³/mol. The number of aliphatic hydroxyl groups is 3. The Morgan fingerprint density at radius 1 is 0.457 bits per heavy atom. The zero-order valence-corrected chi connectivity index (χ0v) is 26.1. The summed E-state index contributed by atoms with van der Waals surface area (Å²) >= 11 is 0. The van der Waals surface area contributed by atoms with Crippen LogP contribution in [0.3, 0.4) is 0 Å². The number of aliphatic carboxylic acids is 1. The lowest BCUT2D eigenvalue weighted by Gasteiger charge is -2.26. The van der Waals surface area contributed by atoms with Crippen LogP contribution in [0.5, 0.6) is 0 Å². The number of unbranched alkanes of at least 4 members (excludes halogenated alkanes) is 3. The molecule has 6 atom stereocenters. The van der Waals surface area contributed by atoms with Gasteiger partial charge < -0.3 is 69.9 Å². The molecule has 0 aliphatic rings. The summed E-state index contributed by atoms with van der Waals surface area (Å²) in [5, 5.41) is 49.7. The Morgan fingerprint density at radius 2 is 0.761 bits per heavy atom. The molecule has 0 heterocycles. The van der Waals surface area contributed by atoms with Crippen LogP contribution in [0.4, 0.5) is 0 Å². The Kier molecular flexibility index (Phi) is 22.9. The smallest absolute Gasteiger partial charge is 0.326 e. The number of carboxylic acids is 1. The minimum absolute atomic E-state index is 0.0587. The number of hydrogen-bond acceptors (Lipinski definition) is 13. The number of nitrogens with two attached hydrogens (primary N) is 4.